The standard InChI is InChI=1S/C9H14BrClN2/c1-8(2-4-10)3-5-13-7-9(11)6-12-13/h6-8H,2-5H2,1H3. The Bertz CT molecular complexity index is 250. The third-order valence-electron chi connectivity index (χ3n) is 2.05. The van der Waals surface area contributed by atoms with Crippen molar-refractivity contribution in [3.8, 4) is 0 Å². The molecule has 0 bridgehead atoms. The van der Waals surface area contributed by atoms with E-state index in [1.54, 1.807) is 6.20 Å². The number of halogens is 2. The first-order valence-corrected chi connectivity index (χ1v) is 5.96. The maximum absolute atomic E-state index is 5.75. The molecule has 1 atom stereocenters. The van der Waals surface area contributed by atoms with E-state index >= 15 is 0 Å². The zero-order chi connectivity index (χ0) is 9.68. The average molecular weight is 266 g/mol. The normalized spacial score (nSPS) is 13.2. The molecule has 0 fully saturated rings. The van der Waals surface area contributed by atoms with Crippen LogP contribution in [0.2, 0.25) is 5.02 Å². The van der Waals surface area contributed by atoms with Crippen LogP contribution in [0.4, 0.5) is 0 Å². The summed E-state index contributed by atoms with van der Waals surface area (Å²) in [5.41, 5.74) is 0. The van der Waals surface area contributed by atoms with E-state index in [-0.39, 0.29) is 0 Å². The highest BCUT2D eigenvalue weighted by atomic mass is 79.9. The fraction of sp³-hybridized carbons (Fsp3) is 0.667. The van der Waals surface area contributed by atoms with Gasteiger partial charge in [0, 0.05) is 18.1 Å². The summed E-state index contributed by atoms with van der Waals surface area (Å²) in [5.74, 6) is 0.738. The minimum atomic E-state index is 0.716. The zero-order valence-electron chi connectivity index (χ0n) is 7.71. The molecule has 0 aliphatic carbocycles. The number of alkyl halides is 1. The van der Waals surface area contributed by atoms with Crippen molar-refractivity contribution in [1.29, 1.82) is 0 Å². The van der Waals surface area contributed by atoms with Gasteiger partial charge in [-0.05, 0) is 18.8 Å². The first kappa shape index (κ1) is 11.1. The van der Waals surface area contributed by atoms with E-state index in [4.69, 9.17) is 11.6 Å². The second-order valence-corrected chi connectivity index (χ2v) is 4.52. The fourth-order valence-electron chi connectivity index (χ4n) is 1.14. The van der Waals surface area contributed by atoms with Gasteiger partial charge in [0.05, 0.1) is 11.2 Å². The lowest BCUT2D eigenvalue weighted by Crippen LogP contribution is -2.04. The van der Waals surface area contributed by atoms with Gasteiger partial charge in [-0.3, -0.25) is 4.68 Å². The Kier molecular flexibility index (Phi) is 4.81. The molecule has 0 aliphatic heterocycles. The smallest absolute Gasteiger partial charge is 0.0785 e. The van der Waals surface area contributed by atoms with Crippen molar-refractivity contribution >= 4 is 27.5 Å². The van der Waals surface area contributed by atoms with Gasteiger partial charge in [0.2, 0.25) is 0 Å². The molecule has 1 unspecified atom stereocenters. The van der Waals surface area contributed by atoms with Gasteiger partial charge in [0.25, 0.3) is 0 Å². The second-order valence-electron chi connectivity index (χ2n) is 3.29. The number of aromatic nitrogens is 2. The number of hydrogen-bond donors (Lipinski definition) is 0. The molecule has 0 saturated carbocycles. The molecule has 1 aromatic rings. The first-order valence-electron chi connectivity index (χ1n) is 4.46. The van der Waals surface area contributed by atoms with E-state index in [2.05, 4.69) is 28.0 Å². The number of aryl methyl sites for hydroxylation is 1. The summed E-state index contributed by atoms with van der Waals surface area (Å²) >= 11 is 9.18. The molecule has 0 radical (unpaired) electrons. The van der Waals surface area contributed by atoms with Crippen molar-refractivity contribution in [3.63, 3.8) is 0 Å². The summed E-state index contributed by atoms with van der Waals surface area (Å²) in [6.45, 7) is 3.22. The largest absolute Gasteiger partial charge is 0.271 e. The minimum absolute atomic E-state index is 0.716. The first-order chi connectivity index (χ1) is 6.22. The number of hydrogen-bond acceptors (Lipinski definition) is 1. The Morgan fingerprint density at radius 3 is 2.92 bits per heavy atom. The Labute approximate surface area is 92.4 Å². The van der Waals surface area contributed by atoms with Gasteiger partial charge in [0.15, 0.2) is 0 Å². The average Bonchev–Trinajstić information content (AvgIpc) is 2.49. The van der Waals surface area contributed by atoms with Crippen LogP contribution in [0.25, 0.3) is 0 Å². The summed E-state index contributed by atoms with van der Waals surface area (Å²) in [4.78, 5) is 0. The van der Waals surface area contributed by atoms with Crippen LogP contribution in [0, 0.1) is 5.92 Å². The molecule has 0 spiro atoms. The lowest BCUT2D eigenvalue weighted by Gasteiger charge is -2.08. The van der Waals surface area contributed by atoms with Gasteiger partial charge in [-0.1, -0.05) is 34.5 Å². The molecule has 0 saturated heterocycles. The molecule has 1 rings (SSSR count). The quantitative estimate of drug-likeness (QED) is 0.747. The van der Waals surface area contributed by atoms with Crippen LogP contribution in [0.1, 0.15) is 19.8 Å². The molecule has 0 aromatic carbocycles. The third kappa shape index (κ3) is 4.14. The van der Waals surface area contributed by atoms with Crippen LogP contribution in [-0.2, 0) is 6.54 Å². The van der Waals surface area contributed by atoms with Crippen molar-refractivity contribution in [2.24, 2.45) is 5.92 Å². The molecular formula is C9H14BrClN2. The highest BCUT2D eigenvalue weighted by molar-refractivity contribution is 9.09. The molecule has 1 heterocycles. The highest BCUT2D eigenvalue weighted by Crippen LogP contribution is 2.11. The number of rotatable bonds is 5. The van der Waals surface area contributed by atoms with E-state index in [0.29, 0.717) is 5.02 Å². The van der Waals surface area contributed by atoms with Gasteiger partial charge < -0.3 is 0 Å². The van der Waals surface area contributed by atoms with E-state index in [1.807, 2.05) is 10.9 Å². The summed E-state index contributed by atoms with van der Waals surface area (Å²) in [6, 6.07) is 0. The van der Waals surface area contributed by atoms with Crippen molar-refractivity contribution in [2.45, 2.75) is 26.3 Å². The third-order valence-corrected chi connectivity index (χ3v) is 2.71. The van der Waals surface area contributed by atoms with Crippen molar-refractivity contribution in [3.05, 3.63) is 17.4 Å². The van der Waals surface area contributed by atoms with Crippen molar-refractivity contribution in [1.82, 2.24) is 9.78 Å². The maximum Gasteiger partial charge on any atom is 0.0785 e. The Balaban J connectivity index is 2.26. The van der Waals surface area contributed by atoms with Crippen LogP contribution in [-0.4, -0.2) is 15.1 Å². The fourth-order valence-corrected chi connectivity index (χ4v) is 2.08. The lowest BCUT2D eigenvalue weighted by molar-refractivity contribution is 0.452. The predicted octanol–water partition coefficient (Wildman–Crippen LogP) is 3.35. The number of nitrogens with zero attached hydrogens (tertiary/aromatic N) is 2. The molecule has 0 amide bonds. The van der Waals surface area contributed by atoms with Crippen LogP contribution < -0.4 is 0 Å². The summed E-state index contributed by atoms with van der Waals surface area (Å²) in [7, 11) is 0. The summed E-state index contributed by atoms with van der Waals surface area (Å²) in [5, 5.41) is 5.91. The lowest BCUT2D eigenvalue weighted by atomic mass is 10.1. The highest BCUT2D eigenvalue weighted by Gasteiger charge is 2.02. The Morgan fingerprint density at radius 2 is 2.38 bits per heavy atom. The maximum atomic E-state index is 5.75. The predicted molar refractivity (Wildman–Crippen MR) is 59.4 cm³/mol. The van der Waals surface area contributed by atoms with Gasteiger partial charge in [-0.15, -0.1) is 0 Å². The van der Waals surface area contributed by atoms with Crippen LogP contribution in [0.15, 0.2) is 12.4 Å². The van der Waals surface area contributed by atoms with Crippen LogP contribution >= 0.6 is 27.5 Å². The van der Waals surface area contributed by atoms with Gasteiger partial charge in [-0.2, -0.15) is 5.10 Å². The van der Waals surface area contributed by atoms with E-state index in [0.717, 1.165) is 24.2 Å². The molecule has 4 heteroatoms. The summed E-state index contributed by atoms with van der Waals surface area (Å²) in [6.07, 6.45) is 5.91. The Hall–Kier alpha value is -0.0200. The van der Waals surface area contributed by atoms with Crippen LogP contribution in [0.5, 0.6) is 0 Å². The molecule has 2 nitrogen and oxygen atoms in total. The summed E-state index contributed by atoms with van der Waals surface area (Å²) < 4.78 is 1.90. The molecule has 0 aliphatic rings. The zero-order valence-corrected chi connectivity index (χ0v) is 10.1. The van der Waals surface area contributed by atoms with Gasteiger partial charge in [-0.25, -0.2) is 0 Å². The molecule has 0 N–H and O–H groups in total. The topological polar surface area (TPSA) is 17.8 Å². The van der Waals surface area contributed by atoms with Crippen LogP contribution in [0.3, 0.4) is 0 Å². The van der Waals surface area contributed by atoms with Gasteiger partial charge >= 0.3 is 0 Å². The molecule has 1 aromatic heterocycles. The second kappa shape index (κ2) is 5.66. The molecular weight excluding hydrogens is 251 g/mol. The van der Waals surface area contributed by atoms with Gasteiger partial charge in [0.1, 0.15) is 0 Å². The SMILES string of the molecule is CC(CCBr)CCn1cc(Cl)cn1. The Morgan fingerprint density at radius 1 is 1.62 bits per heavy atom. The van der Waals surface area contributed by atoms with Crippen molar-refractivity contribution in [2.75, 3.05) is 5.33 Å². The van der Waals surface area contributed by atoms with E-state index in [1.165, 1.54) is 6.42 Å². The van der Waals surface area contributed by atoms with E-state index in [9.17, 15) is 0 Å². The molecule has 74 valence electrons. The molecule has 13 heavy (non-hydrogen) atoms. The van der Waals surface area contributed by atoms with Crippen molar-refractivity contribution < 1.29 is 0 Å². The van der Waals surface area contributed by atoms with E-state index < -0.39 is 0 Å². The minimum Gasteiger partial charge on any atom is -0.271 e. The monoisotopic (exact) mass is 264 g/mol.